The summed E-state index contributed by atoms with van der Waals surface area (Å²) >= 11 is 0. The molecule has 0 aliphatic heterocycles. The van der Waals surface area contributed by atoms with E-state index in [1.807, 2.05) is 39.0 Å². The van der Waals surface area contributed by atoms with Gasteiger partial charge in [0.1, 0.15) is 10.5 Å². The first-order valence-corrected chi connectivity index (χ1v) is 8.63. The highest BCUT2D eigenvalue weighted by Crippen LogP contribution is 2.54. The fourth-order valence-corrected chi connectivity index (χ4v) is 4.63. The summed E-state index contributed by atoms with van der Waals surface area (Å²) in [6, 6.07) is 16.0. The van der Waals surface area contributed by atoms with Gasteiger partial charge in [-0.3, -0.25) is 0 Å². The molecule has 2 aromatic carbocycles. The molecule has 0 fully saturated rings. The third-order valence-electron chi connectivity index (χ3n) is 3.90. The lowest BCUT2D eigenvalue weighted by Gasteiger charge is -2.18. The first kappa shape index (κ1) is 18.8. The van der Waals surface area contributed by atoms with Gasteiger partial charge in [-0.2, -0.15) is 0 Å². The highest BCUT2D eigenvalue weighted by atomic mass is 35.5. The van der Waals surface area contributed by atoms with Crippen LogP contribution in [0.3, 0.4) is 0 Å². The Labute approximate surface area is 148 Å². The van der Waals surface area contributed by atoms with Crippen LogP contribution in [0.25, 0.3) is 20.5 Å². The standard InChI is InChI=1S/C19H18F3S.ClH/c1-18(2,3)15-10-9-14-11-16(13-7-5-4-6-8-13)23(17(14)12-15)19(20,21)22;/h4-12H,1-3H3;1H/q+1;/p-1. The van der Waals surface area contributed by atoms with Crippen molar-refractivity contribution in [1.82, 2.24) is 0 Å². The maximum Gasteiger partial charge on any atom is 0.601 e. The van der Waals surface area contributed by atoms with Crippen molar-refractivity contribution in [2.45, 2.75) is 31.7 Å². The molecular formula is C19H18ClF3S. The molecule has 3 aromatic rings. The molecule has 3 rings (SSSR count). The summed E-state index contributed by atoms with van der Waals surface area (Å²) < 4.78 is 41.7. The number of halogens is 4. The second kappa shape index (κ2) is 6.41. The van der Waals surface area contributed by atoms with Crippen LogP contribution in [0.1, 0.15) is 26.3 Å². The lowest BCUT2D eigenvalue weighted by atomic mass is 9.87. The number of thiophene rings is 1. The number of rotatable bonds is 1. The van der Waals surface area contributed by atoms with Crippen molar-refractivity contribution < 1.29 is 25.6 Å². The van der Waals surface area contributed by atoms with Crippen LogP contribution in [0, 0.1) is 0 Å². The van der Waals surface area contributed by atoms with E-state index in [-0.39, 0.29) is 17.8 Å². The minimum absolute atomic E-state index is 0. The van der Waals surface area contributed by atoms with Crippen molar-refractivity contribution in [2.24, 2.45) is 0 Å². The number of hydrogen-bond acceptors (Lipinski definition) is 0. The van der Waals surface area contributed by atoms with Crippen LogP contribution in [0.2, 0.25) is 0 Å². The van der Waals surface area contributed by atoms with E-state index in [9.17, 15) is 13.2 Å². The summed E-state index contributed by atoms with van der Waals surface area (Å²) in [4.78, 5) is 0.360. The summed E-state index contributed by atoms with van der Waals surface area (Å²) in [6.07, 6.45) is 0. The predicted molar refractivity (Wildman–Crippen MR) is 91.9 cm³/mol. The van der Waals surface area contributed by atoms with E-state index in [0.29, 0.717) is 20.5 Å². The first-order valence-electron chi connectivity index (χ1n) is 7.41. The number of alkyl halides is 3. The average molecular weight is 371 g/mol. The Kier molecular flexibility index (Phi) is 5.03. The Morgan fingerprint density at radius 2 is 1.46 bits per heavy atom. The van der Waals surface area contributed by atoms with Gasteiger partial charge >= 0.3 is 5.51 Å². The third kappa shape index (κ3) is 3.45. The minimum Gasteiger partial charge on any atom is -1.00 e. The second-order valence-electron chi connectivity index (χ2n) is 6.63. The van der Waals surface area contributed by atoms with Crippen molar-refractivity contribution in [1.29, 1.82) is 0 Å². The molecular weight excluding hydrogens is 353 g/mol. The summed E-state index contributed by atoms with van der Waals surface area (Å²) in [6.45, 7) is 6.04. The summed E-state index contributed by atoms with van der Waals surface area (Å²) in [5.74, 6) is 0. The van der Waals surface area contributed by atoms with Gasteiger partial charge in [0.2, 0.25) is 0 Å². The molecule has 1 unspecified atom stereocenters. The van der Waals surface area contributed by atoms with E-state index in [4.69, 9.17) is 0 Å². The van der Waals surface area contributed by atoms with E-state index in [2.05, 4.69) is 0 Å². The van der Waals surface area contributed by atoms with Crippen LogP contribution < -0.4 is 12.4 Å². The van der Waals surface area contributed by atoms with Gasteiger partial charge in [0.05, 0.1) is 0 Å². The maximum absolute atomic E-state index is 13.8. The minimum atomic E-state index is -4.27. The van der Waals surface area contributed by atoms with Crippen molar-refractivity contribution in [2.75, 3.05) is 0 Å². The molecule has 1 aromatic heterocycles. The Balaban J connectivity index is 0.00000208. The van der Waals surface area contributed by atoms with Gasteiger partial charge in [-0.1, -0.05) is 45.0 Å². The van der Waals surface area contributed by atoms with Crippen molar-refractivity contribution >= 4 is 20.6 Å². The van der Waals surface area contributed by atoms with E-state index >= 15 is 0 Å². The quantitative estimate of drug-likeness (QED) is 0.567. The lowest BCUT2D eigenvalue weighted by molar-refractivity contribution is -0.0864. The van der Waals surface area contributed by atoms with Gasteiger partial charge in [-0.15, -0.1) is 13.2 Å². The molecule has 0 aliphatic carbocycles. The van der Waals surface area contributed by atoms with Crippen LogP contribution >= 0.6 is 10.5 Å². The number of fused-ring (bicyclic) bond motifs is 1. The largest absolute Gasteiger partial charge is 1.00 e. The summed E-state index contributed by atoms with van der Waals surface area (Å²) in [5, 5.41) is 0.678. The van der Waals surface area contributed by atoms with Crippen molar-refractivity contribution in [3.05, 3.63) is 60.2 Å². The number of benzene rings is 2. The smallest absolute Gasteiger partial charge is 0.601 e. The van der Waals surface area contributed by atoms with E-state index < -0.39 is 16.0 Å². The molecule has 0 saturated carbocycles. The zero-order chi connectivity index (χ0) is 16.8. The van der Waals surface area contributed by atoms with Gasteiger partial charge in [0, 0.05) is 23.1 Å². The molecule has 0 spiro atoms. The molecule has 0 amide bonds. The average Bonchev–Trinajstić information content (AvgIpc) is 2.85. The Morgan fingerprint density at radius 1 is 0.833 bits per heavy atom. The highest BCUT2D eigenvalue weighted by Gasteiger charge is 2.48. The molecule has 24 heavy (non-hydrogen) atoms. The zero-order valence-corrected chi connectivity index (χ0v) is 15.2. The molecule has 1 atom stereocenters. The van der Waals surface area contributed by atoms with Gasteiger partial charge < -0.3 is 12.4 Å². The van der Waals surface area contributed by atoms with Crippen LogP contribution in [0.15, 0.2) is 54.6 Å². The Bertz CT molecular complexity index is 843. The molecule has 0 N–H and O–H groups in total. The van der Waals surface area contributed by atoms with Gasteiger partial charge in [-0.05, 0) is 29.2 Å². The van der Waals surface area contributed by atoms with E-state index in [1.165, 1.54) is 0 Å². The van der Waals surface area contributed by atoms with Crippen LogP contribution in [0.5, 0.6) is 0 Å². The highest BCUT2D eigenvalue weighted by molar-refractivity contribution is 7.41. The molecule has 0 aliphatic rings. The fourth-order valence-electron chi connectivity index (χ4n) is 2.67. The summed E-state index contributed by atoms with van der Waals surface area (Å²) in [5.41, 5.74) is -2.88. The first-order chi connectivity index (χ1) is 10.7. The summed E-state index contributed by atoms with van der Waals surface area (Å²) in [7, 11) is -1.89. The monoisotopic (exact) mass is 370 g/mol. The second-order valence-corrected chi connectivity index (χ2v) is 8.58. The predicted octanol–water partition coefficient (Wildman–Crippen LogP) is 4.03. The molecule has 1 heterocycles. The van der Waals surface area contributed by atoms with Crippen LogP contribution in [0.4, 0.5) is 13.2 Å². The SMILES string of the molecule is CC(C)(C)c1ccc2cc(-c3ccccc3)[s+](C(F)(F)F)c2c1.[Cl-]. The molecule has 0 saturated heterocycles. The van der Waals surface area contributed by atoms with Crippen LogP contribution in [-0.2, 0) is 10.9 Å². The Morgan fingerprint density at radius 3 is 2.00 bits per heavy atom. The maximum atomic E-state index is 13.8. The van der Waals surface area contributed by atoms with E-state index in [1.54, 1.807) is 36.4 Å². The zero-order valence-electron chi connectivity index (χ0n) is 13.6. The molecule has 0 bridgehead atoms. The molecule has 0 radical (unpaired) electrons. The number of hydrogen-bond donors (Lipinski definition) is 0. The van der Waals surface area contributed by atoms with Gasteiger partial charge in [0.25, 0.3) is 0 Å². The normalized spacial score (nSPS) is 13.0. The van der Waals surface area contributed by atoms with Gasteiger partial charge in [0.15, 0.2) is 9.58 Å². The fraction of sp³-hybridized carbons (Fsp3) is 0.263. The van der Waals surface area contributed by atoms with Crippen LogP contribution in [-0.4, -0.2) is 0 Å². The topological polar surface area (TPSA) is 0 Å². The van der Waals surface area contributed by atoms with E-state index in [0.717, 1.165) is 5.56 Å². The molecule has 128 valence electrons. The van der Waals surface area contributed by atoms with Gasteiger partial charge in [-0.25, -0.2) is 0 Å². The third-order valence-corrected chi connectivity index (χ3v) is 5.95. The molecule has 5 heteroatoms. The lowest BCUT2D eigenvalue weighted by Crippen LogP contribution is -3.00. The Hall–Kier alpha value is -1.52. The van der Waals surface area contributed by atoms with Crippen molar-refractivity contribution in [3.63, 3.8) is 0 Å². The molecule has 0 nitrogen and oxygen atoms in total. The van der Waals surface area contributed by atoms with Crippen molar-refractivity contribution in [3.8, 4) is 10.4 Å².